The van der Waals surface area contributed by atoms with Gasteiger partial charge in [0.25, 0.3) is 11.1 Å². The molecule has 6 nitrogen and oxygen atoms in total. The fourth-order valence-electron chi connectivity index (χ4n) is 3.22. The van der Waals surface area contributed by atoms with Crippen molar-refractivity contribution in [2.45, 2.75) is 13.5 Å². The number of carbonyl (C=O) groups excluding carboxylic acids is 2. The van der Waals surface area contributed by atoms with Gasteiger partial charge in [-0.3, -0.25) is 9.59 Å². The van der Waals surface area contributed by atoms with Crippen LogP contribution in [0.15, 0.2) is 71.6 Å². The molecular weight excluding hydrogens is 462 g/mol. The molecule has 0 radical (unpaired) electrons. The molecule has 1 heterocycles. The molecule has 1 N–H and O–H groups in total. The van der Waals surface area contributed by atoms with E-state index < -0.39 is 11.1 Å². The summed E-state index contributed by atoms with van der Waals surface area (Å²) in [6.45, 7) is 2.66. The van der Waals surface area contributed by atoms with E-state index in [4.69, 9.17) is 21.1 Å². The molecule has 1 saturated heterocycles. The summed E-state index contributed by atoms with van der Waals surface area (Å²) in [5.74, 6) is 0.631. The molecule has 1 aliphatic rings. The number of ether oxygens (including phenoxy) is 2. The van der Waals surface area contributed by atoms with Crippen LogP contribution >= 0.6 is 23.4 Å². The van der Waals surface area contributed by atoms with E-state index in [2.05, 4.69) is 0 Å². The van der Waals surface area contributed by atoms with E-state index in [0.717, 1.165) is 22.2 Å². The summed E-state index contributed by atoms with van der Waals surface area (Å²) in [5.41, 5.74) is 1.98. The minimum Gasteiger partial charge on any atom is -0.508 e. The molecule has 1 aliphatic heterocycles. The Bertz CT molecular complexity index is 1230. The lowest BCUT2D eigenvalue weighted by Crippen LogP contribution is -2.27. The van der Waals surface area contributed by atoms with Crippen LogP contribution in [0.5, 0.6) is 17.2 Å². The number of carbonyl (C=O) groups is 2. The van der Waals surface area contributed by atoms with Gasteiger partial charge in [-0.15, -0.1) is 0 Å². The van der Waals surface area contributed by atoms with Gasteiger partial charge >= 0.3 is 0 Å². The molecule has 3 aromatic carbocycles. The highest BCUT2D eigenvalue weighted by Gasteiger charge is 2.36. The first-order valence-electron chi connectivity index (χ1n) is 10.2. The highest BCUT2D eigenvalue weighted by molar-refractivity contribution is 8.19. The van der Waals surface area contributed by atoms with Crippen molar-refractivity contribution in [1.29, 1.82) is 0 Å². The number of anilines is 1. The molecule has 0 unspecified atom stereocenters. The molecule has 0 spiro atoms. The summed E-state index contributed by atoms with van der Waals surface area (Å²) in [7, 11) is 0. The van der Waals surface area contributed by atoms with Gasteiger partial charge in [0.2, 0.25) is 0 Å². The van der Waals surface area contributed by atoms with Gasteiger partial charge in [0, 0.05) is 11.1 Å². The Morgan fingerprint density at radius 3 is 2.52 bits per heavy atom. The minimum absolute atomic E-state index is 0.0222. The lowest BCUT2D eigenvalue weighted by molar-refractivity contribution is -0.113. The molecule has 1 fully saturated rings. The third kappa shape index (κ3) is 5.32. The zero-order valence-electron chi connectivity index (χ0n) is 17.7. The van der Waals surface area contributed by atoms with Crippen molar-refractivity contribution in [3.05, 3.63) is 87.8 Å². The smallest absolute Gasteiger partial charge is 0.298 e. The SMILES string of the molecule is CCOc1cc(/C=C2\SC(=O)N(c3cccc(O)c3)C2=O)ccc1OCc1ccc(Cl)cc1. The second-order valence-corrected chi connectivity index (χ2v) is 8.52. The zero-order chi connectivity index (χ0) is 23.4. The Labute approximate surface area is 200 Å². The molecule has 3 aromatic rings. The number of amides is 2. The van der Waals surface area contributed by atoms with Gasteiger partial charge in [0.1, 0.15) is 12.4 Å². The summed E-state index contributed by atoms with van der Waals surface area (Å²) in [6.07, 6.45) is 1.64. The van der Waals surface area contributed by atoms with Crippen LogP contribution in [0.3, 0.4) is 0 Å². The Kier molecular flexibility index (Phi) is 6.91. The van der Waals surface area contributed by atoms with Gasteiger partial charge in [-0.25, -0.2) is 4.90 Å². The number of rotatable bonds is 7. The molecule has 2 amide bonds. The van der Waals surface area contributed by atoms with Gasteiger partial charge in [0.05, 0.1) is 17.2 Å². The molecular formula is C25H20ClNO5S. The second-order valence-electron chi connectivity index (χ2n) is 7.09. The Hall–Kier alpha value is -3.42. The van der Waals surface area contributed by atoms with E-state index in [1.165, 1.54) is 12.1 Å². The summed E-state index contributed by atoms with van der Waals surface area (Å²) >= 11 is 6.77. The number of phenols is 1. The number of thioether (sulfide) groups is 1. The van der Waals surface area contributed by atoms with Crippen LogP contribution in [-0.2, 0) is 11.4 Å². The zero-order valence-corrected chi connectivity index (χ0v) is 19.2. The van der Waals surface area contributed by atoms with Gasteiger partial charge in [0.15, 0.2) is 11.5 Å². The van der Waals surface area contributed by atoms with E-state index in [-0.39, 0.29) is 10.7 Å². The van der Waals surface area contributed by atoms with Gasteiger partial charge in [-0.2, -0.15) is 0 Å². The van der Waals surface area contributed by atoms with Crippen LogP contribution in [0.4, 0.5) is 10.5 Å². The van der Waals surface area contributed by atoms with E-state index in [1.807, 2.05) is 19.1 Å². The summed E-state index contributed by atoms with van der Waals surface area (Å²) in [5, 5.41) is 9.91. The fraction of sp³-hybridized carbons (Fsp3) is 0.120. The summed E-state index contributed by atoms with van der Waals surface area (Å²) in [4.78, 5) is 26.6. The number of phenolic OH excluding ortho intramolecular Hbond substituents is 1. The molecule has 0 aromatic heterocycles. The molecule has 0 atom stereocenters. The summed E-state index contributed by atoms with van der Waals surface area (Å²) in [6, 6.07) is 18.7. The van der Waals surface area contributed by atoms with Crippen LogP contribution in [0, 0.1) is 0 Å². The van der Waals surface area contributed by atoms with Gasteiger partial charge in [-0.05, 0) is 72.3 Å². The van der Waals surface area contributed by atoms with Gasteiger partial charge in [-0.1, -0.05) is 35.9 Å². The first-order valence-corrected chi connectivity index (χ1v) is 11.3. The predicted octanol–water partition coefficient (Wildman–Crippen LogP) is 6.26. The Morgan fingerprint density at radius 2 is 1.79 bits per heavy atom. The standard InChI is InChI=1S/C25H20ClNO5S/c1-2-31-22-12-17(8-11-21(22)32-15-16-6-9-18(26)10-7-16)13-23-24(29)27(25(30)33-23)19-4-3-5-20(28)14-19/h3-14,28H,2,15H2,1H3/b23-13-. The van der Waals surface area contributed by atoms with Crippen LogP contribution in [0.1, 0.15) is 18.1 Å². The third-order valence-corrected chi connectivity index (χ3v) is 5.88. The quantitative estimate of drug-likeness (QED) is 0.401. The third-order valence-electron chi connectivity index (χ3n) is 4.75. The van der Waals surface area contributed by atoms with E-state index >= 15 is 0 Å². The normalized spacial score (nSPS) is 14.7. The number of imide groups is 1. The molecule has 4 rings (SSSR count). The fourth-order valence-corrected chi connectivity index (χ4v) is 4.18. The van der Waals surface area contributed by atoms with Crippen molar-refractivity contribution in [1.82, 2.24) is 0 Å². The lowest BCUT2D eigenvalue weighted by Gasteiger charge is -2.13. The second kappa shape index (κ2) is 10.0. The number of aromatic hydroxyl groups is 1. The predicted molar refractivity (Wildman–Crippen MR) is 130 cm³/mol. The topological polar surface area (TPSA) is 76.1 Å². The molecule has 33 heavy (non-hydrogen) atoms. The maximum Gasteiger partial charge on any atom is 0.298 e. The maximum atomic E-state index is 12.9. The average Bonchev–Trinajstić information content (AvgIpc) is 3.07. The van der Waals surface area contributed by atoms with Crippen molar-refractivity contribution in [2.75, 3.05) is 11.5 Å². The highest BCUT2D eigenvalue weighted by Crippen LogP contribution is 2.38. The molecule has 0 saturated carbocycles. The van der Waals surface area contributed by atoms with Crippen molar-refractivity contribution in [3.8, 4) is 17.2 Å². The van der Waals surface area contributed by atoms with Crippen molar-refractivity contribution >= 4 is 46.3 Å². The van der Waals surface area contributed by atoms with Crippen LogP contribution in [0.2, 0.25) is 5.02 Å². The number of hydrogen-bond acceptors (Lipinski definition) is 6. The number of benzene rings is 3. The Balaban J connectivity index is 1.55. The van der Waals surface area contributed by atoms with Crippen LogP contribution in [0.25, 0.3) is 6.08 Å². The molecule has 8 heteroatoms. The molecule has 0 bridgehead atoms. The monoisotopic (exact) mass is 481 g/mol. The van der Waals surface area contributed by atoms with Crippen LogP contribution in [-0.4, -0.2) is 22.9 Å². The lowest BCUT2D eigenvalue weighted by atomic mass is 10.1. The number of nitrogens with zero attached hydrogens (tertiary/aromatic N) is 1. The summed E-state index contributed by atoms with van der Waals surface area (Å²) < 4.78 is 11.6. The van der Waals surface area contributed by atoms with Gasteiger partial charge < -0.3 is 14.6 Å². The molecule has 0 aliphatic carbocycles. The van der Waals surface area contributed by atoms with E-state index in [1.54, 1.807) is 48.5 Å². The molecule has 168 valence electrons. The Morgan fingerprint density at radius 1 is 1.00 bits per heavy atom. The van der Waals surface area contributed by atoms with Crippen molar-refractivity contribution in [3.63, 3.8) is 0 Å². The number of hydrogen-bond donors (Lipinski definition) is 1. The van der Waals surface area contributed by atoms with E-state index in [0.29, 0.717) is 41.0 Å². The minimum atomic E-state index is -0.448. The van der Waals surface area contributed by atoms with Crippen molar-refractivity contribution < 1.29 is 24.2 Å². The first-order chi connectivity index (χ1) is 15.9. The maximum absolute atomic E-state index is 12.9. The first kappa shape index (κ1) is 22.8. The van der Waals surface area contributed by atoms with E-state index in [9.17, 15) is 14.7 Å². The van der Waals surface area contributed by atoms with Crippen LogP contribution < -0.4 is 14.4 Å². The largest absolute Gasteiger partial charge is 0.508 e. The van der Waals surface area contributed by atoms with Crippen molar-refractivity contribution in [2.24, 2.45) is 0 Å². The highest BCUT2D eigenvalue weighted by atomic mass is 35.5. The number of halogens is 1. The average molecular weight is 482 g/mol.